The number of anilines is 1. The van der Waals surface area contributed by atoms with Crippen LogP contribution in [0.4, 0.5) is 5.69 Å². The Morgan fingerprint density at radius 3 is 2.95 bits per heavy atom. The minimum Gasteiger partial charge on any atom is -0.487 e. The number of amidine groups is 1. The smallest absolute Gasteiger partial charge is 0.172 e. The van der Waals surface area contributed by atoms with Gasteiger partial charge in [-0.25, -0.2) is 0 Å². The predicted octanol–water partition coefficient (Wildman–Crippen LogP) is 1.32. The van der Waals surface area contributed by atoms with Crippen LogP contribution in [0.3, 0.4) is 0 Å². The van der Waals surface area contributed by atoms with Gasteiger partial charge in [-0.05, 0) is 25.5 Å². The van der Waals surface area contributed by atoms with Crippen LogP contribution in [0.5, 0.6) is 11.5 Å². The molecule has 0 amide bonds. The first-order valence-electron chi connectivity index (χ1n) is 7.16. The van der Waals surface area contributed by atoms with Crippen molar-refractivity contribution in [3.63, 3.8) is 0 Å². The van der Waals surface area contributed by atoms with Crippen LogP contribution in [0.2, 0.25) is 0 Å². The van der Waals surface area contributed by atoms with E-state index >= 15 is 0 Å². The average Bonchev–Trinajstić information content (AvgIpc) is 2.43. The largest absolute Gasteiger partial charge is 0.487 e. The first-order chi connectivity index (χ1) is 10.2. The third-order valence-electron chi connectivity index (χ3n) is 3.97. The molecule has 3 heterocycles. The van der Waals surface area contributed by atoms with Crippen molar-refractivity contribution in [1.29, 1.82) is 0 Å². The molecular formula is C15H18N4O2. The van der Waals surface area contributed by atoms with Gasteiger partial charge >= 0.3 is 0 Å². The predicted molar refractivity (Wildman–Crippen MR) is 80.8 cm³/mol. The standard InChI is InChI=1S/C15H18N4O2/c1-9-3-14-12(4-13(9)21-11-6-16-7-11)19-10(2)5-17-18-15(19)8-20-14/h3-5,11,16-17H,6-8H2,1-2H3. The number of benzene rings is 1. The topological polar surface area (TPSA) is 58.1 Å². The number of allylic oxidation sites excluding steroid dienone is 1. The molecular weight excluding hydrogens is 268 g/mol. The molecule has 3 aliphatic rings. The van der Waals surface area contributed by atoms with E-state index in [9.17, 15) is 0 Å². The van der Waals surface area contributed by atoms with Crippen molar-refractivity contribution in [1.82, 2.24) is 10.7 Å². The molecule has 3 aliphatic heterocycles. The van der Waals surface area contributed by atoms with Crippen molar-refractivity contribution in [2.45, 2.75) is 20.0 Å². The Labute approximate surface area is 123 Å². The van der Waals surface area contributed by atoms with E-state index in [1.54, 1.807) is 0 Å². The number of hydrogen-bond donors (Lipinski definition) is 2. The fraction of sp³-hybridized carbons (Fsp3) is 0.400. The van der Waals surface area contributed by atoms with Crippen LogP contribution in [-0.2, 0) is 0 Å². The molecule has 0 atom stereocenters. The van der Waals surface area contributed by atoms with Gasteiger partial charge in [0.05, 0.1) is 5.69 Å². The highest BCUT2D eigenvalue weighted by Gasteiger charge is 2.29. The Hall–Kier alpha value is -2.21. The summed E-state index contributed by atoms with van der Waals surface area (Å²) >= 11 is 0. The normalized spacial score (nSPS) is 20.2. The zero-order valence-electron chi connectivity index (χ0n) is 12.1. The molecule has 6 heteroatoms. The van der Waals surface area contributed by atoms with Gasteiger partial charge in [0.15, 0.2) is 5.84 Å². The molecule has 2 N–H and O–H groups in total. The molecule has 0 spiro atoms. The second-order valence-corrected chi connectivity index (χ2v) is 5.55. The monoisotopic (exact) mass is 286 g/mol. The summed E-state index contributed by atoms with van der Waals surface area (Å²) in [6.07, 6.45) is 2.15. The Bertz CT molecular complexity index is 649. The van der Waals surface area contributed by atoms with Gasteiger partial charge in [0, 0.05) is 31.1 Å². The number of aryl methyl sites for hydroxylation is 1. The van der Waals surface area contributed by atoms with Crippen LogP contribution in [0.25, 0.3) is 0 Å². The SMILES string of the molecule is CC1=CNN=C2COc3cc(C)c(OC4CNC4)cc3N12. The van der Waals surface area contributed by atoms with E-state index in [4.69, 9.17) is 9.47 Å². The summed E-state index contributed by atoms with van der Waals surface area (Å²) in [5, 5.41) is 7.50. The number of hydrazone groups is 1. The van der Waals surface area contributed by atoms with E-state index in [-0.39, 0.29) is 6.10 Å². The van der Waals surface area contributed by atoms with Gasteiger partial charge in [0.1, 0.15) is 24.2 Å². The number of ether oxygens (including phenoxy) is 2. The molecule has 1 aromatic carbocycles. The lowest BCUT2D eigenvalue weighted by Gasteiger charge is -2.35. The second kappa shape index (κ2) is 4.66. The highest BCUT2D eigenvalue weighted by atomic mass is 16.5. The van der Waals surface area contributed by atoms with E-state index in [0.717, 1.165) is 47.4 Å². The first kappa shape index (κ1) is 12.5. The van der Waals surface area contributed by atoms with E-state index < -0.39 is 0 Å². The lowest BCUT2D eigenvalue weighted by Crippen LogP contribution is -2.50. The quantitative estimate of drug-likeness (QED) is 0.859. The summed E-state index contributed by atoms with van der Waals surface area (Å²) in [6, 6.07) is 4.10. The Morgan fingerprint density at radius 2 is 2.19 bits per heavy atom. The molecule has 0 saturated carbocycles. The van der Waals surface area contributed by atoms with Gasteiger partial charge in [-0.1, -0.05) is 0 Å². The fourth-order valence-corrected chi connectivity index (χ4v) is 2.68. The molecule has 1 saturated heterocycles. The molecule has 1 aromatic rings. The molecule has 4 rings (SSSR count). The highest BCUT2D eigenvalue weighted by Crippen LogP contribution is 2.40. The number of rotatable bonds is 2. The van der Waals surface area contributed by atoms with Crippen LogP contribution in [0, 0.1) is 6.92 Å². The summed E-state index contributed by atoms with van der Waals surface area (Å²) < 4.78 is 11.9. The summed E-state index contributed by atoms with van der Waals surface area (Å²) in [5.41, 5.74) is 6.08. The Kier molecular flexibility index (Phi) is 2.78. The van der Waals surface area contributed by atoms with Gasteiger partial charge in [0.2, 0.25) is 0 Å². The maximum Gasteiger partial charge on any atom is 0.172 e. The van der Waals surface area contributed by atoms with Gasteiger partial charge in [-0.3, -0.25) is 10.3 Å². The van der Waals surface area contributed by atoms with Crippen LogP contribution in [0.1, 0.15) is 12.5 Å². The molecule has 0 aliphatic carbocycles. The zero-order chi connectivity index (χ0) is 14.4. The Morgan fingerprint density at radius 1 is 1.33 bits per heavy atom. The van der Waals surface area contributed by atoms with Crippen molar-refractivity contribution < 1.29 is 9.47 Å². The first-order valence-corrected chi connectivity index (χ1v) is 7.16. The average molecular weight is 286 g/mol. The molecule has 0 bridgehead atoms. The second-order valence-electron chi connectivity index (χ2n) is 5.55. The van der Waals surface area contributed by atoms with Gasteiger partial charge in [0.25, 0.3) is 0 Å². The van der Waals surface area contributed by atoms with Gasteiger partial charge < -0.3 is 14.8 Å². The summed E-state index contributed by atoms with van der Waals surface area (Å²) in [7, 11) is 0. The van der Waals surface area contributed by atoms with Crippen molar-refractivity contribution in [3.05, 3.63) is 29.6 Å². The minimum absolute atomic E-state index is 0.263. The van der Waals surface area contributed by atoms with Crippen molar-refractivity contribution in [3.8, 4) is 11.5 Å². The van der Waals surface area contributed by atoms with Crippen LogP contribution in [-0.4, -0.2) is 31.6 Å². The fourth-order valence-electron chi connectivity index (χ4n) is 2.68. The molecule has 1 fully saturated rings. The van der Waals surface area contributed by atoms with Crippen LogP contribution in [0.15, 0.2) is 29.1 Å². The number of fused-ring (bicyclic) bond motifs is 3. The van der Waals surface area contributed by atoms with Crippen LogP contribution >= 0.6 is 0 Å². The molecule has 6 nitrogen and oxygen atoms in total. The lowest BCUT2D eigenvalue weighted by molar-refractivity contribution is 0.141. The summed E-state index contributed by atoms with van der Waals surface area (Å²) in [6.45, 7) is 6.39. The van der Waals surface area contributed by atoms with Gasteiger partial charge in [-0.15, -0.1) is 0 Å². The van der Waals surface area contributed by atoms with E-state index in [0.29, 0.717) is 6.61 Å². The zero-order valence-corrected chi connectivity index (χ0v) is 12.1. The minimum atomic E-state index is 0.263. The van der Waals surface area contributed by atoms with Crippen molar-refractivity contribution in [2.75, 3.05) is 24.6 Å². The third kappa shape index (κ3) is 2.03. The van der Waals surface area contributed by atoms with Crippen molar-refractivity contribution in [2.24, 2.45) is 5.10 Å². The molecule has 0 unspecified atom stereocenters. The highest BCUT2D eigenvalue weighted by molar-refractivity contribution is 6.04. The molecule has 0 aromatic heterocycles. The van der Waals surface area contributed by atoms with Gasteiger partial charge in [-0.2, -0.15) is 5.10 Å². The molecule has 21 heavy (non-hydrogen) atoms. The Balaban J connectivity index is 1.74. The summed E-state index contributed by atoms with van der Waals surface area (Å²) in [4.78, 5) is 2.11. The van der Waals surface area contributed by atoms with Crippen molar-refractivity contribution >= 4 is 11.5 Å². The van der Waals surface area contributed by atoms with Crippen LogP contribution < -0.4 is 25.1 Å². The number of hydrogen-bond acceptors (Lipinski definition) is 6. The van der Waals surface area contributed by atoms with E-state index in [1.807, 2.05) is 19.2 Å². The van der Waals surface area contributed by atoms with E-state index in [1.165, 1.54) is 0 Å². The molecule has 110 valence electrons. The van der Waals surface area contributed by atoms with E-state index in [2.05, 4.69) is 33.7 Å². The number of nitrogens with one attached hydrogen (secondary N) is 2. The lowest BCUT2D eigenvalue weighted by atomic mass is 10.1. The maximum atomic E-state index is 6.04. The third-order valence-corrected chi connectivity index (χ3v) is 3.97. The maximum absolute atomic E-state index is 6.04. The molecule has 0 radical (unpaired) electrons. The summed E-state index contributed by atoms with van der Waals surface area (Å²) in [5.74, 6) is 2.65. The number of nitrogens with zero attached hydrogens (tertiary/aromatic N) is 2.